The van der Waals surface area contributed by atoms with Gasteiger partial charge >= 0.3 is 0 Å². The molecule has 0 aromatic carbocycles. The number of likely N-dealkylation sites (tertiary alicyclic amines) is 1. The number of hydrogen-bond acceptors (Lipinski definition) is 3. The molecule has 0 saturated carbocycles. The van der Waals surface area contributed by atoms with Crippen LogP contribution in [0.3, 0.4) is 0 Å². The Morgan fingerprint density at radius 1 is 1.38 bits per heavy atom. The Balaban J connectivity index is 1.87. The molecule has 13 heavy (non-hydrogen) atoms. The number of piperidine rings is 1. The molecule has 3 nitrogen and oxygen atoms in total. The molecule has 0 amide bonds. The molecule has 0 aromatic heterocycles. The SMILES string of the molecule is C[C@@]1(O)CCN(C2CCNCC2)C1. The molecular weight excluding hydrogens is 164 g/mol. The van der Waals surface area contributed by atoms with Crippen LogP contribution in [0.2, 0.25) is 0 Å². The molecule has 0 unspecified atom stereocenters. The molecule has 2 aliphatic rings. The van der Waals surface area contributed by atoms with E-state index in [9.17, 15) is 5.11 Å². The molecule has 2 rings (SSSR count). The van der Waals surface area contributed by atoms with Crippen LogP contribution in [0, 0.1) is 0 Å². The Bertz CT molecular complexity index is 176. The summed E-state index contributed by atoms with van der Waals surface area (Å²) in [5.41, 5.74) is -0.426. The van der Waals surface area contributed by atoms with Crippen LogP contribution >= 0.6 is 0 Å². The number of nitrogens with zero attached hydrogens (tertiary/aromatic N) is 1. The second kappa shape index (κ2) is 3.56. The number of rotatable bonds is 1. The average Bonchev–Trinajstić information content (AvgIpc) is 2.48. The van der Waals surface area contributed by atoms with Gasteiger partial charge in [-0.25, -0.2) is 0 Å². The molecule has 2 aliphatic heterocycles. The van der Waals surface area contributed by atoms with Crippen molar-refractivity contribution in [1.29, 1.82) is 0 Å². The largest absolute Gasteiger partial charge is 0.389 e. The molecule has 0 bridgehead atoms. The molecule has 2 N–H and O–H groups in total. The minimum absolute atomic E-state index is 0.426. The smallest absolute Gasteiger partial charge is 0.0758 e. The van der Waals surface area contributed by atoms with Gasteiger partial charge in [-0.3, -0.25) is 4.90 Å². The Kier molecular flexibility index (Phi) is 2.58. The van der Waals surface area contributed by atoms with Gasteiger partial charge in [-0.05, 0) is 39.3 Å². The van der Waals surface area contributed by atoms with Gasteiger partial charge in [0.05, 0.1) is 5.60 Å². The molecule has 2 saturated heterocycles. The van der Waals surface area contributed by atoms with Gasteiger partial charge in [0.15, 0.2) is 0 Å². The van der Waals surface area contributed by atoms with Crippen LogP contribution < -0.4 is 5.32 Å². The topological polar surface area (TPSA) is 35.5 Å². The van der Waals surface area contributed by atoms with Gasteiger partial charge in [-0.1, -0.05) is 0 Å². The van der Waals surface area contributed by atoms with Crippen molar-refractivity contribution in [2.45, 2.75) is 37.8 Å². The molecule has 0 aliphatic carbocycles. The third kappa shape index (κ3) is 2.22. The van der Waals surface area contributed by atoms with Gasteiger partial charge in [0.25, 0.3) is 0 Å². The predicted molar refractivity (Wildman–Crippen MR) is 52.7 cm³/mol. The van der Waals surface area contributed by atoms with E-state index in [1.807, 2.05) is 6.92 Å². The monoisotopic (exact) mass is 184 g/mol. The number of nitrogens with one attached hydrogen (secondary N) is 1. The van der Waals surface area contributed by atoms with Crippen molar-refractivity contribution in [3.63, 3.8) is 0 Å². The summed E-state index contributed by atoms with van der Waals surface area (Å²) < 4.78 is 0. The third-order valence-corrected chi connectivity index (χ3v) is 3.31. The Morgan fingerprint density at radius 3 is 2.62 bits per heavy atom. The first-order chi connectivity index (χ1) is 6.17. The van der Waals surface area contributed by atoms with Crippen molar-refractivity contribution in [3.05, 3.63) is 0 Å². The third-order valence-electron chi connectivity index (χ3n) is 3.31. The van der Waals surface area contributed by atoms with E-state index in [4.69, 9.17) is 0 Å². The number of hydrogen-bond donors (Lipinski definition) is 2. The highest BCUT2D eigenvalue weighted by Crippen LogP contribution is 2.25. The maximum absolute atomic E-state index is 9.84. The second-order valence-electron chi connectivity index (χ2n) is 4.70. The highest BCUT2D eigenvalue weighted by molar-refractivity contribution is 4.90. The maximum Gasteiger partial charge on any atom is 0.0758 e. The van der Waals surface area contributed by atoms with E-state index in [-0.39, 0.29) is 0 Å². The zero-order chi connectivity index (χ0) is 9.31. The fourth-order valence-corrected chi connectivity index (χ4v) is 2.46. The lowest BCUT2D eigenvalue weighted by Gasteiger charge is -2.31. The maximum atomic E-state index is 9.84. The number of aliphatic hydroxyl groups is 1. The van der Waals surface area contributed by atoms with E-state index in [1.165, 1.54) is 12.8 Å². The van der Waals surface area contributed by atoms with Crippen LogP contribution in [0.15, 0.2) is 0 Å². The predicted octanol–water partition coefficient (Wildman–Crippen LogP) is 0.195. The van der Waals surface area contributed by atoms with E-state index in [0.29, 0.717) is 0 Å². The minimum atomic E-state index is -0.426. The van der Waals surface area contributed by atoms with Gasteiger partial charge in [0.1, 0.15) is 0 Å². The molecule has 1 atom stereocenters. The van der Waals surface area contributed by atoms with Gasteiger partial charge in [-0.2, -0.15) is 0 Å². The first-order valence-electron chi connectivity index (χ1n) is 5.34. The molecule has 3 heteroatoms. The Morgan fingerprint density at radius 2 is 2.08 bits per heavy atom. The molecule has 76 valence electrons. The summed E-state index contributed by atoms with van der Waals surface area (Å²) in [5.74, 6) is 0. The van der Waals surface area contributed by atoms with Crippen LogP contribution in [0.1, 0.15) is 26.2 Å². The molecule has 2 fully saturated rings. The lowest BCUT2D eigenvalue weighted by atomic mass is 10.0. The Labute approximate surface area is 80.1 Å². The summed E-state index contributed by atoms with van der Waals surface area (Å²) in [7, 11) is 0. The fraction of sp³-hybridized carbons (Fsp3) is 1.00. The van der Waals surface area contributed by atoms with E-state index in [2.05, 4.69) is 10.2 Å². The van der Waals surface area contributed by atoms with Crippen LogP contribution in [0.25, 0.3) is 0 Å². The number of β-amino-alcohol motifs (C(OH)–C–C–N with tert-alkyl or cyclic N) is 1. The highest BCUT2D eigenvalue weighted by Gasteiger charge is 2.35. The van der Waals surface area contributed by atoms with Crippen LogP contribution in [0.5, 0.6) is 0 Å². The summed E-state index contributed by atoms with van der Waals surface area (Å²) >= 11 is 0. The molecular formula is C10H20N2O. The second-order valence-corrected chi connectivity index (χ2v) is 4.70. The van der Waals surface area contributed by atoms with Crippen LogP contribution in [0.4, 0.5) is 0 Å². The first kappa shape index (κ1) is 9.44. The van der Waals surface area contributed by atoms with Crippen LogP contribution in [-0.2, 0) is 0 Å². The average molecular weight is 184 g/mol. The van der Waals surface area contributed by atoms with Gasteiger partial charge in [-0.15, -0.1) is 0 Å². The lowest BCUT2D eigenvalue weighted by Crippen LogP contribution is -2.43. The van der Waals surface area contributed by atoms with Crippen molar-refractivity contribution >= 4 is 0 Å². The Hall–Kier alpha value is -0.120. The highest BCUT2D eigenvalue weighted by atomic mass is 16.3. The van der Waals surface area contributed by atoms with Crippen molar-refractivity contribution in [1.82, 2.24) is 10.2 Å². The van der Waals surface area contributed by atoms with Crippen molar-refractivity contribution in [2.75, 3.05) is 26.2 Å². The standard InChI is InChI=1S/C10H20N2O/c1-10(13)4-7-12(8-10)9-2-5-11-6-3-9/h9,11,13H,2-8H2,1H3/t10-/m1/s1. The van der Waals surface area contributed by atoms with E-state index in [1.54, 1.807) is 0 Å². The van der Waals surface area contributed by atoms with E-state index < -0.39 is 5.60 Å². The zero-order valence-electron chi connectivity index (χ0n) is 8.42. The minimum Gasteiger partial charge on any atom is -0.389 e. The summed E-state index contributed by atoms with van der Waals surface area (Å²) in [6.07, 6.45) is 3.43. The summed E-state index contributed by atoms with van der Waals surface area (Å²) in [4.78, 5) is 2.46. The van der Waals surface area contributed by atoms with Crippen molar-refractivity contribution < 1.29 is 5.11 Å². The zero-order valence-corrected chi connectivity index (χ0v) is 8.42. The van der Waals surface area contributed by atoms with E-state index >= 15 is 0 Å². The van der Waals surface area contributed by atoms with Crippen molar-refractivity contribution in [3.8, 4) is 0 Å². The molecule has 2 heterocycles. The summed E-state index contributed by atoms with van der Waals surface area (Å²) in [5, 5.41) is 13.2. The molecule has 0 aromatic rings. The van der Waals surface area contributed by atoms with E-state index in [0.717, 1.165) is 38.6 Å². The summed E-state index contributed by atoms with van der Waals surface area (Å²) in [6.45, 7) is 6.19. The molecule has 0 radical (unpaired) electrons. The van der Waals surface area contributed by atoms with Crippen molar-refractivity contribution in [2.24, 2.45) is 0 Å². The quantitative estimate of drug-likeness (QED) is 0.611. The summed E-state index contributed by atoms with van der Waals surface area (Å²) in [6, 6.07) is 0.718. The normalized spacial score (nSPS) is 38.3. The van der Waals surface area contributed by atoms with Gasteiger partial charge < -0.3 is 10.4 Å². The van der Waals surface area contributed by atoms with Gasteiger partial charge in [0, 0.05) is 19.1 Å². The van der Waals surface area contributed by atoms with Crippen LogP contribution in [-0.4, -0.2) is 47.8 Å². The molecule has 0 spiro atoms. The fourth-order valence-electron chi connectivity index (χ4n) is 2.46. The van der Waals surface area contributed by atoms with Gasteiger partial charge in [0.2, 0.25) is 0 Å². The lowest BCUT2D eigenvalue weighted by molar-refractivity contribution is 0.0590. The first-order valence-corrected chi connectivity index (χ1v) is 5.34.